The average Bonchev–Trinajstić information content (AvgIpc) is 2.41. The van der Waals surface area contributed by atoms with Crippen molar-refractivity contribution in [3.8, 4) is 5.75 Å². The van der Waals surface area contributed by atoms with Crippen molar-refractivity contribution in [3.63, 3.8) is 0 Å². The van der Waals surface area contributed by atoms with E-state index >= 15 is 0 Å². The number of halogens is 2. The monoisotopic (exact) mass is 280 g/mol. The zero-order valence-corrected chi connectivity index (χ0v) is 10.2. The van der Waals surface area contributed by atoms with E-state index in [1.807, 2.05) is 0 Å². The van der Waals surface area contributed by atoms with E-state index < -0.39 is 16.6 Å². The summed E-state index contributed by atoms with van der Waals surface area (Å²) in [5.74, 6) is -1.65. The maximum atomic E-state index is 13.3. The highest BCUT2D eigenvalue weighted by Crippen LogP contribution is 2.23. The van der Waals surface area contributed by atoms with Gasteiger partial charge >= 0.3 is 0 Å². The van der Waals surface area contributed by atoms with E-state index in [-0.39, 0.29) is 23.7 Å². The molecule has 2 aromatic carbocycles. The third-order valence-corrected chi connectivity index (χ3v) is 2.61. The van der Waals surface area contributed by atoms with E-state index in [2.05, 4.69) is 0 Å². The van der Waals surface area contributed by atoms with Crippen LogP contribution in [0.4, 0.5) is 20.2 Å². The molecule has 2 aromatic rings. The molecule has 5 nitrogen and oxygen atoms in total. The molecule has 7 heteroatoms. The number of hydrogen-bond acceptors (Lipinski definition) is 4. The Morgan fingerprint density at radius 1 is 1.20 bits per heavy atom. The molecule has 0 heterocycles. The third-order valence-electron chi connectivity index (χ3n) is 2.61. The second-order valence-electron chi connectivity index (χ2n) is 4.00. The molecule has 0 amide bonds. The first-order valence-corrected chi connectivity index (χ1v) is 5.58. The van der Waals surface area contributed by atoms with Gasteiger partial charge in [0.25, 0.3) is 5.69 Å². The molecule has 104 valence electrons. The van der Waals surface area contributed by atoms with Crippen LogP contribution >= 0.6 is 0 Å². The minimum atomic E-state index is -0.726. The van der Waals surface area contributed by atoms with Crippen molar-refractivity contribution in [2.75, 3.05) is 5.73 Å². The van der Waals surface area contributed by atoms with Gasteiger partial charge in [-0.3, -0.25) is 10.1 Å². The van der Waals surface area contributed by atoms with Crippen molar-refractivity contribution in [3.05, 3.63) is 63.7 Å². The van der Waals surface area contributed by atoms with Gasteiger partial charge in [-0.1, -0.05) is 0 Å². The van der Waals surface area contributed by atoms with Crippen molar-refractivity contribution in [2.45, 2.75) is 6.61 Å². The lowest BCUT2D eigenvalue weighted by Crippen LogP contribution is -2.02. The summed E-state index contributed by atoms with van der Waals surface area (Å²) in [7, 11) is 0. The zero-order chi connectivity index (χ0) is 14.7. The van der Waals surface area contributed by atoms with Crippen LogP contribution in [0.15, 0.2) is 36.4 Å². The van der Waals surface area contributed by atoms with E-state index in [0.29, 0.717) is 5.56 Å². The number of nitrogen functional groups attached to an aromatic ring is 1. The van der Waals surface area contributed by atoms with Crippen molar-refractivity contribution in [1.29, 1.82) is 0 Å². The molecule has 0 saturated carbocycles. The summed E-state index contributed by atoms with van der Waals surface area (Å²) >= 11 is 0. The topological polar surface area (TPSA) is 78.4 Å². The van der Waals surface area contributed by atoms with Gasteiger partial charge in [0.2, 0.25) is 0 Å². The van der Waals surface area contributed by atoms with Crippen LogP contribution in [0, 0.1) is 21.7 Å². The Hall–Kier alpha value is -2.70. The lowest BCUT2D eigenvalue weighted by atomic mass is 10.1. The van der Waals surface area contributed by atoms with Gasteiger partial charge in [-0.15, -0.1) is 0 Å². The Morgan fingerprint density at radius 2 is 1.95 bits per heavy atom. The molecule has 0 unspecified atom stereocenters. The lowest BCUT2D eigenvalue weighted by Gasteiger charge is -2.09. The number of rotatable bonds is 4. The number of non-ortho nitro benzene ring substituents is 1. The first kappa shape index (κ1) is 13.7. The predicted octanol–water partition coefficient (Wildman–Crippen LogP) is 3.03. The zero-order valence-electron chi connectivity index (χ0n) is 10.2. The van der Waals surface area contributed by atoms with Crippen LogP contribution in [-0.2, 0) is 6.61 Å². The Balaban J connectivity index is 2.20. The smallest absolute Gasteiger partial charge is 0.269 e. The van der Waals surface area contributed by atoms with Crippen molar-refractivity contribution in [1.82, 2.24) is 0 Å². The quantitative estimate of drug-likeness (QED) is 0.530. The fraction of sp³-hybridized carbons (Fsp3) is 0.0769. The van der Waals surface area contributed by atoms with Crippen LogP contribution in [0.2, 0.25) is 0 Å². The van der Waals surface area contributed by atoms with Crippen LogP contribution in [-0.4, -0.2) is 4.92 Å². The van der Waals surface area contributed by atoms with Crippen molar-refractivity contribution < 1.29 is 18.4 Å². The predicted molar refractivity (Wildman–Crippen MR) is 68.2 cm³/mol. The number of benzene rings is 2. The van der Waals surface area contributed by atoms with Gasteiger partial charge in [0.1, 0.15) is 12.4 Å². The number of nitro groups is 1. The van der Waals surface area contributed by atoms with Crippen LogP contribution in [0.25, 0.3) is 0 Å². The van der Waals surface area contributed by atoms with E-state index in [4.69, 9.17) is 10.5 Å². The van der Waals surface area contributed by atoms with Gasteiger partial charge in [-0.2, -0.15) is 0 Å². The molecule has 0 aliphatic heterocycles. The number of hydrogen-bond donors (Lipinski definition) is 1. The van der Waals surface area contributed by atoms with Crippen molar-refractivity contribution >= 4 is 11.4 Å². The number of ether oxygens (including phenoxy) is 1. The van der Waals surface area contributed by atoms with Gasteiger partial charge in [0.15, 0.2) is 11.6 Å². The van der Waals surface area contributed by atoms with Gasteiger partial charge in [0.05, 0.1) is 4.92 Å². The fourth-order valence-corrected chi connectivity index (χ4v) is 1.57. The summed E-state index contributed by atoms with van der Waals surface area (Å²) in [6.07, 6.45) is 0. The van der Waals surface area contributed by atoms with Gasteiger partial charge in [-0.05, 0) is 18.2 Å². The molecule has 0 fully saturated rings. The molecule has 0 bridgehead atoms. The second kappa shape index (κ2) is 5.52. The van der Waals surface area contributed by atoms with Gasteiger partial charge in [0, 0.05) is 29.4 Å². The van der Waals surface area contributed by atoms with Crippen LogP contribution in [0.5, 0.6) is 5.75 Å². The summed E-state index contributed by atoms with van der Waals surface area (Å²) in [5.41, 5.74) is 6.09. The Labute approximate surface area is 112 Å². The maximum absolute atomic E-state index is 13.3. The average molecular weight is 280 g/mol. The summed E-state index contributed by atoms with van der Waals surface area (Å²) < 4.78 is 31.4. The Kier molecular flexibility index (Phi) is 3.79. The molecule has 2 N–H and O–H groups in total. The lowest BCUT2D eigenvalue weighted by molar-refractivity contribution is -0.384. The number of anilines is 1. The van der Waals surface area contributed by atoms with Crippen LogP contribution in [0.3, 0.4) is 0 Å². The van der Waals surface area contributed by atoms with E-state index in [9.17, 15) is 18.9 Å². The first-order valence-electron chi connectivity index (χ1n) is 5.58. The van der Waals surface area contributed by atoms with E-state index in [0.717, 1.165) is 18.2 Å². The summed E-state index contributed by atoms with van der Waals surface area (Å²) in [4.78, 5) is 10.1. The molecule has 0 saturated heterocycles. The van der Waals surface area contributed by atoms with Crippen LogP contribution in [0.1, 0.15) is 5.56 Å². The molecule has 0 radical (unpaired) electrons. The molecule has 0 aliphatic carbocycles. The minimum absolute atomic E-state index is 0.155. The molecular weight excluding hydrogens is 270 g/mol. The Morgan fingerprint density at radius 3 is 2.65 bits per heavy atom. The largest absolute Gasteiger partial charge is 0.486 e. The number of nitro benzene ring substituents is 1. The Bertz CT molecular complexity index is 662. The standard InChI is InChI=1S/C13H10F2N2O3/c14-9-1-3-11(15)13(6-9)20-7-8-5-10(17(18)19)2-4-12(8)16/h1-6H,7,16H2. The number of nitrogens with two attached hydrogens (primary N) is 1. The summed E-state index contributed by atoms with van der Waals surface area (Å²) in [5, 5.41) is 10.7. The fourth-order valence-electron chi connectivity index (χ4n) is 1.57. The highest BCUT2D eigenvalue weighted by Gasteiger charge is 2.11. The summed E-state index contributed by atoms with van der Waals surface area (Å²) in [6.45, 7) is -0.201. The minimum Gasteiger partial charge on any atom is -0.486 e. The number of nitrogens with zero attached hydrogens (tertiary/aromatic N) is 1. The molecule has 0 spiro atoms. The molecular formula is C13H10F2N2O3. The molecule has 20 heavy (non-hydrogen) atoms. The van der Waals surface area contributed by atoms with Crippen LogP contribution < -0.4 is 10.5 Å². The van der Waals surface area contributed by atoms with E-state index in [1.54, 1.807) is 0 Å². The SMILES string of the molecule is Nc1ccc([N+](=O)[O-])cc1COc1cc(F)ccc1F. The summed E-state index contributed by atoms with van der Waals surface area (Å²) in [6, 6.07) is 6.63. The van der Waals surface area contributed by atoms with Crippen molar-refractivity contribution in [2.24, 2.45) is 0 Å². The molecule has 0 atom stereocenters. The first-order chi connectivity index (χ1) is 9.47. The normalized spacial score (nSPS) is 10.3. The highest BCUT2D eigenvalue weighted by molar-refractivity contribution is 5.52. The third kappa shape index (κ3) is 3.00. The molecule has 2 rings (SSSR count). The highest BCUT2D eigenvalue weighted by atomic mass is 19.1. The maximum Gasteiger partial charge on any atom is 0.269 e. The van der Waals surface area contributed by atoms with E-state index in [1.165, 1.54) is 18.2 Å². The molecule has 0 aliphatic rings. The van der Waals surface area contributed by atoms with Gasteiger partial charge in [-0.25, -0.2) is 8.78 Å². The molecule has 0 aromatic heterocycles. The van der Waals surface area contributed by atoms with Gasteiger partial charge < -0.3 is 10.5 Å². The second-order valence-corrected chi connectivity index (χ2v) is 4.00.